The summed E-state index contributed by atoms with van der Waals surface area (Å²) in [6.45, 7) is 6.16. The third-order valence-corrected chi connectivity index (χ3v) is 7.75. The van der Waals surface area contributed by atoms with Crippen LogP contribution in [-0.4, -0.2) is 25.3 Å². The summed E-state index contributed by atoms with van der Waals surface area (Å²) in [6, 6.07) is 22.9. The molecule has 1 atom stereocenters. The average Bonchev–Trinajstić information content (AvgIpc) is 3.33. The Hall–Kier alpha value is -3.18. The SMILES string of the molecule is CSc1ccc2cc(CC(=O)NC(c3ccc(C)o3)c3ccc(C)cc3N3CCCCC3)ccc2c1. The van der Waals surface area contributed by atoms with Crippen molar-refractivity contribution in [1.82, 2.24) is 5.32 Å². The molecule has 1 N–H and O–H groups in total. The van der Waals surface area contributed by atoms with Gasteiger partial charge >= 0.3 is 0 Å². The van der Waals surface area contributed by atoms with Crippen molar-refractivity contribution in [3.8, 4) is 0 Å². The van der Waals surface area contributed by atoms with Crippen LogP contribution in [0.15, 0.2) is 76.0 Å². The molecular formula is C31H34N2O2S. The molecule has 1 amide bonds. The number of nitrogens with zero attached hydrogens (tertiary/aromatic N) is 1. The maximum absolute atomic E-state index is 13.4. The van der Waals surface area contributed by atoms with E-state index in [9.17, 15) is 4.79 Å². The molecule has 4 aromatic rings. The quantitative estimate of drug-likeness (QED) is 0.274. The van der Waals surface area contributed by atoms with Gasteiger partial charge in [0.15, 0.2) is 0 Å². The lowest BCUT2D eigenvalue weighted by atomic mass is 9.97. The number of hydrogen-bond donors (Lipinski definition) is 1. The number of furan rings is 1. The molecule has 4 nitrogen and oxygen atoms in total. The summed E-state index contributed by atoms with van der Waals surface area (Å²) in [6.07, 6.45) is 6.08. The zero-order valence-corrected chi connectivity index (χ0v) is 22.2. The van der Waals surface area contributed by atoms with Crippen molar-refractivity contribution in [1.29, 1.82) is 0 Å². The molecule has 1 fully saturated rings. The van der Waals surface area contributed by atoms with E-state index in [-0.39, 0.29) is 11.9 Å². The zero-order chi connectivity index (χ0) is 25.1. The Morgan fingerprint density at radius 1 is 0.944 bits per heavy atom. The second-order valence-electron chi connectivity index (χ2n) is 9.78. The highest BCUT2D eigenvalue weighted by molar-refractivity contribution is 7.98. The largest absolute Gasteiger partial charge is 0.464 e. The van der Waals surface area contributed by atoms with E-state index < -0.39 is 0 Å². The Morgan fingerprint density at radius 2 is 1.72 bits per heavy atom. The first-order valence-electron chi connectivity index (χ1n) is 12.8. The average molecular weight is 499 g/mol. The van der Waals surface area contributed by atoms with Crippen LogP contribution in [0.1, 0.15) is 53.5 Å². The molecule has 0 radical (unpaired) electrons. The number of hydrogen-bond acceptors (Lipinski definition) is 4. The number of benzene rings is 3. The molecule has 1 aromatic heterocycles. The van der Waals surface area contributed by atoms with Gasteiger partial charge in [-0.25, -0.2) is 0 Å². The molecule has 5 rings (SSSR count). The van der Waals surface area contributed by atoms with Crippen molar-refractivity contribution in [2.75, 3.05) is 24.2 Å². The Kier molecular flexibility index (Phi) is 7.38. The number of amides is 1. The second-order valence-corrected chi connectivity index (χ2v) is 10.7. The minimum Gasteiger partial charge on any atom is -0.464 e. The first-order valence-corrected chi connectivity index (χ1v) is 14.0. The Bertz CT molecular complexity index is 1370. The lowest BCUT2D eigenvalue weighted by Crippen LogP contribution is -2.34. The van der Waals surface area contributed by atoms with Crippen LogP contribution in [0.25, 0.3) is 10.8 Å². The predicted octanol–water partition coefficient (Wildman–Crippen LogP) is 7.21. The van der Waals surface area contributed by atoms with Crippen LogP contribution in [0.3, 0.4) is 0 Å². The summed E-state index contributed by atoms with van der Waals surface area (Å²) >= 11 is 1.74. The van der Waals surface area contributed by atoms with E-state index in [1.807, 2.05) is 19.1 Å². The Balaban J connectivity index is 1.43. The molecular weight excluding hydrogens is 464 g/mol. The fourth-order valence-corrected chi connectivity index (χ4v) is 5.57. The lowest BCUT2D eigenvalue weighted by Gasteiger charge is -2.32. The van der Waals surface area contributed by atoms with Crippen molar-refractivity contribution in [3.63, 3.8) is 0 Å². The highest BCUT2D eigenvalue weighted by atomic mass is 32.2. The van der Waals surface area contributed by atoms with Gasteiger partial charge in [0.25, 0.3) is 0 Å². The molecule has 0 saturated carbocycles. The normalized spacial score (nSPS) is 14.7. The van der Waals surface area contributed by atoms with E-state index in [1.165, 1.54) is 40.8 Å². The fraction of sp³-hybridized carbons (Fsp3) is 0.323. The van der Waals surface area contributed by atoms with Crippen molar-refractivity contribution in [2.45, 2.75) is 50.5 Å². The highest BCUT2D eigenvalue weighted by Gasteiger charge is 2.26. The van der Waals surface area contributed by atoms with Crippen LogP contribution in [-0.2, 0) is 11.2 Å². The van der Waals surface area contributed by atoms with Gasteiger partial charge in [0.2, 0.25) is 5.91 Å². The number of anilines is 1. The maximum Gasteiger partial charge on any atom is 0.225 e. The topological polar surface area (TPSA) is 45.5 Å². The molecule has 5 heteroatoms. The summed E-state index contributed by atoms with van der Waals surface area (Å²) in [5, 5.41) is 5.66. The van der Waals surface area contributed by atoms with Crippen LogP contribution >= 0.6 is 11.8 Å². The molecule has 1 unspecified atom stereocenters. The van der Waals surface area contributed by atoms with E-state index in [2.05, 4.69) is 78.0 Å². The third-order valence-electron chi connectivity index (χ3n) is 7.02. The molecule has 1 aliphatic heterocycles. The number of thioether (sulfide) groups is 1. The van der Waals surface area contributed by atoms with Crippen molar-refractivity contribution in [3.05, 3.63) is 94.9 Å². The minimum atomic E-state index is -0.340. The van der Waals surface area contributed by atoms with E-state index in [0.29, 0.717) is 6.42 Å². The molecule has 1 aliphatic rings. The maximum atomic E-state index is 13.4. The number of piperidine rings is 1. The molecule has 3 aromatic carbocycles. The van der Waals surface area contributed by atoms with Crippen molar-refractivity contribution >= 4 is 34.1 Å². The molecule has 36 heavy (non-hydrogen) atoms. The van der Waals surface area contributed by atoms with Gasteiger partial charge in [0.05, 0.1) is 6.42 Å². The van der Waals surface area contributed by atoms with Gasteiger partial charge in [-0.3, -0.25) is 4.79 Å². The van der Waals surface area contributed by atoms with E-state index in [4.69, 9.17) is 4.42 Å². The van der Waals surface area contributed by atoms with Gasteiger partial charge < -0.3 is 14.6 Å². The van der Waals surface area contributed by atoms with E-state index in [0.717, 1.165) is 41.1 Å². The number of carbonyl (C=O) groups is 1. The Morgan fingerprint density at radius 3 is 2.47 bits per heavy atom. The molecule has 1 saturated heterocycles. The standard InChI is InChI=1S/C31H34N2O2S/c1-21-7-13-27(28(17-21)33-15-5-4-6-16-33)31(29-14-8-22(2)35-29)32-30(34)19-23-9-10-25-20-26(36-3)12-11-24(25)18-23/h7-14,17-18,20,31H,4-6,15-16,19H2,1-3H3,(H,32,34). The van der Waals surface area contributed by atoms with Crippen LogP contribution in [0.5, 0.6) is 0 Å². The van der Waals surface area contributed by atoms with Crippen LogP contribution in [0, 0.1) is 13.8 Å². The van der Waals surface area contributed by atoms with E-state index in [1.54, 1.807) is 11.8 Å². The summed E-state index contributed by atoms with van der Waals surface area (Å²) in [5.74, 6) is 1.60. The van der Waals surface area contributed by atoms with Gasteiger partial charge in [0, 0.05) is 29.2 Å². The number of fused-ring (bicyclic) bond motifs is 1. The highest BCUT2D eigenvalue weighted by Crippen LogP contribution is 2.34. The first kappa shape index (κ1) is 24.5. The first-order chi connectivity index (χ1) is 17.5. The number of rotatable bonds is 7. The van der Waals surface area contributed by atoms with Gasteiger partial charge in [0.1, 0.15) is 17.6 Å². The van der Waals surface area contributed by atoms with Gasteiger partial charge in [-0.05, 0) is 91.6 Å². The van der Waals surface area contributed by atoms with Crippen LogP contribution < -0.4 is 10.2 Å². The molecule has 0 aliphatic carbocycles. The number of carbonyl (C=O) groups excluding carboxylic acids is 1. The number of nitrogens with one attached hydrogen (secondary N) is 1. The fourth-order valence-electron chi connectivity index (χ4n) is 5.12. The zero-order valence-electron chi connectivity index (χ0n) is 21.3. The minimum absolute atomic E-state index is 0.0145. The number of aryl methyl sites for hydroxylation is 2. The third kappa shape index (κ3) is 5.46. The van der Waals surface area contributed by atoms with Crippen LogP contribution in [0.4, 0.5) is 5.69 Å². The smallest absolute Gasteiger partial charge is 0.225 e. The molecule has 186 valence electrons. The van der Waals surface area contributed by atoms with Gasteiger partial charge in [-0.2, -0.15) is 0 Å². The van der Waals surface area contributed by atoms with Gasteiger partial charge in [-0.1, -0.05) is 36.4 Å². The van der Waals surface area contributed by atoms with Crippen molar-refractivity contribution in [2.24, 2.45) is 0 Å². The lowest BCUT2D eigenvalue weighted by molar-refractivity contribution is -0.121. The van der Waals surface area contributed by atoms with Crippen molar-refractivity contribution < 1.29 is 9.21 Å². The predicted molar refractivity (Wildman–Crippen MR) is 150 cm³/mol. The molecule has 2 heterocycles. The molecule has 0 bridgehead atoms. The van der Waals surface area contributed by atoms with Gasteiger partial charge in [-0.15, -0.1) is 11.8 Å². The van der Waals surface area contributed by atoms with Crippen LogP contribution in [0.2, 0.25) is 0 Å². The summed E-state index contributed by atoms with van der Waals surface area (Å²) in [7, 11) is 0. The monoisotopic (exact) mass is 498 g/mol. The summed E-state index contributed by atoms with van der Waals surface area (Å²) in [4.78, 5) is 17.1. The summed E-state index contributed by atoms with van der Waals surface area (Å²) < 4.78 is 6.07. The van der Waals surface area contributed by atoms with E-state index >= 15 is 0 Å². The summed E-state index contributed by atoms with van der Waals surface area (Å²) in [5.41, 5.74) is 4.52. The Labute approximate surface area is 218 Å². The second kappa shape index (κ2) is 10.8. The molecule has 0 spiro atoms.